The van der Waals surface area contributed by atoms with Gasteiger partial charge in [-0.2, -0.15) is 0 Å². The van der Waals surface area contributed by atoms with Gasteiger partial charge in [-0.15, -0.1) is 11.8 Å². The highest BCUT2D eigenvalue weighted by molar-refractivity contribution is 7.99. The van der Waals surface area contributed by atoms with Gasteiger partial charge in [0.15, 0.2) is 0 Å². The van der Waals surface area contributed by atoms with E-state index < -0.39 is 0 Å². The van der Waals surface area contributed by atoms with Crippen LogP contribution in [0.1, 0.15) is 25.3 Å². The Labute approximate surface area is 112 Å². The second-order valence-corrected chi connectivity index (χ2v) is 5.93. The Bertz CT molecular complexity index is 447. The van der Waals surface area contributed by atoms with E-state index in [4.69, 9.17) is 10.5 Å². The van der Waals surface area contributed by atoms with Crippen molar-refractivity contribution >= 4 is 17.7 Å². The second kappa shape index (κ2) is 5.33. The van der Waals surface area contributed by atoms with Gasteiger partial charge in [-0.25, -0.2) is 0 Å². The molecule has 18 heavy (non-hydrogen) atoms. The van der Waals surface area contributed by atoms with E-state index in [1.54, 1.807) is 0 Å². The van der Waals surface area contributed by atoms with Crippen molar-refractivity contribution in [2.45, 2.75) is 36.1 Å². The first-order chi connectivity index (χ1) is 8.60. The fourth-order valence-electron chi connectivity index (χ4n) is 2.63. The molecule has 0 saturated heterocycles. The summed E-state index contributed by atoms with van der Waals surface area (Å²) in [6.45, 7) is 1.98. The molecule has 0 bridgehead atoms. The SMILES string of the molecule is COC(=O)CC1(C(C)N)CCSc2ccccc21. The Morgan fingerprint density at radius 2 is 2.28 bits per heavy atom. The Balaban J connectivity index is 2.46. The number of thioether (sulfide) groups is 1. The molecule has 0 aliphatic carbocycles. The molecule has 3 nitrogen and oxygen atoms in total. The molecule has 0 aromatic heterocycles. The molecule has 2 N–H and O–H groups in total. The Morgan fingerprint density at radius 1 is 1.56 bits per heavy atom. The van der Waals surface area contributed by atoms with Crippen molar-refractivity contribution in [3.63, 3.8) is 0 Å². The lowest BCUT2D eigenvalue weighted by Crippen LogP contribution is -2.47. The molecule has 0 spiro atoms. The van der Waals surface area contributed by atoms with Crippen LogP contribution < -0.4 is 5.73 Å². The smallest absolute Gasteiger partial charge is 0.306 e. The van der Waals surface area contributed by atoms with E-state index in [9.17, 15) is 4.79 Å². The van der Waals surface area contributed by atoms with Crippen LogP contribution in [0.25, 0.3) is 0 Å². The maximum absolute atomic E-state index is 11.7. The molecule has 2 unspecified atom stereocenters. The third-order valence-corrected chi connectivity index (χ3v) is 4.86. The summed E-state index contributed by atoms with van der Waals surface area (Å²) in [5.74, 6) is 0.809. The Kier molecular flexibility index (Phi) is 3.97. The fraction of sp³-hybridized carbons (Fsp3) is 0.500. The van der Waals surface area contributed by atoms with Crippen molar-refractivity contribution in [2.75, 3.05) is 12.9 Å². The number of carbonyl (C=O) groups excluding carboxylic acids is 1. The molecule has 1 aliphatic rings. The van der Waals surface area contributed by atoms with Crippen molar-refractivity contribution in [1.82, 2.24) is 0 Å². The zero-order valence-electron chi connectivity index (χ0n) is 10.8. The number of methoxy groups -OCH3 is 1. The highest BCUT2D eigenvalue weighted by Gasteiger charge is 2.42. The number of rotatable bonds is 3. The molecule has 0 amide bonds. The van der Waals surface area contributed by atoms with Crippen molar-refractivity contribution in [3.8, 4) is 0 Å². The van der Waals surface area contributed by atoms with Gasteiger partial charge in [0.2, 0.25) is 0 Å². The van der Waals surface area contributed by atoms with E-state index in [1.165, 1.54) is 17.6 Å². The quantitative estimate of drug-likeness (QED) is 0.852. The van der Waals surface area contributed by atoms with Gasteiger partial charge in [-0.05, 0) is 30.7 Å². The van der Waals surface area contributed by atoms with E-state index in [0.29, 0.717) is 6.42 Å². The van der Waals surface area contributed by atoms with Gasteiger partial charge in [-0.1, -0.05) is 18.2 Å². The van der Waals surface area contributed by atoms with Crippen LogP contribution in [0.15, 0.2) is 29.2 Å². The molecule has 0 radical (unpaired) electrons. The summed E-state index contributed by atoms with van der Waals surface area (Å²) < 4.78 is 4.84. The summed E-state index contributed by atoms with van der Waals surface area (Å²) in [5.41, 5.74) is 7.12. The molecule has 1 aromatic rings. The largest absolute Gasteiger partial charge is 0.469 e. The first-order valence-electron chi connectivity index (χ1n) is 6.15. The lowest BCUT2D eigenvalue weighted by molar-refractivity contribution is -0.142. The Morgan fingerprint density at radius 3 is 2.94 bits per heavy atom. The zero-order chi connectivity index (χ0) is 13.2. The third kappa shape index (κ3) is 2.27. The molecular formula is C14H19NO2S. The first kappa shape index (κ1) is 13.4. The Hall–Kier alpha value is -1.00. The lowest BCUT2D eigenvalue weighted by atomic mass is 9.70. The number of esters is 1. The highest BCUT2D eigenvalue weighted by Crippen LogP contribution is 2.45. The van der Waals surface area contributed by atoms with Crippen LogP contribution >= 0.6 is 11.8 Å². The lowest BCUT2D eigenvalue weighted by Gasteiger charge is -2.41. The molecule has 0 saturated carbocycles. The predicted octanol–water partition coefficient (Wildman–Crippen LogP) is 2.33. The number of benzene rings is 1. The van der Waals surface area contributed by atoms with Gasteiger partial charge < -0.3 is 10.5 Å². The zero-order valence-corrected chi connectivity index (χ0v) is 11.6. The number of carbonyl (C=O) groups is 1. The number of hydrogen-bond donors (Lipinski definition) is 1. The summed E-state index contributed by atoms with van der Waals surface area (Å²) in [5, 5.41) is 0. The number of nitrogens with two attached hydrogens (primary N) is 1. The van der Waals surface area contributed by atoms with E-state index in [-0.39, 0.29) is 17.4 Å². The van der Waals surface area contributed by atoms with Crippen molar-refractivity contribution in [2.24, 2.45) is 5.73 Å². The predicted molar refractivity (Wildman–Crippen MR) is 73.7 cm³/mol. The molecule has 0 fully saturated rings. The van der Waals surface area contributed by atoms with Gasteiger partial charge in [0.25, 0.3) is 0 Å². The van der Waals surface area contributed by atoms with Crippen LogP contribution in [0.2, 0.25) is 0 Å². The van der Waals surface area contributed by atoms with Gasteiger partial charge >= 0.3 is 5.97 Å². The maximum atomic E-state index is 11.7. The number of hydrogen-bond acceptors (Lipinski definition) is 4. The normalized spacial score (nSPS) is 24.2. The van der Waals surface area contributed by atoms with Crippen molar-refractivity contribution < 1.29 is 9.53 Å². The number of fused-ring (bicyclic) bond motifs is 1. The molecule has 4 heteroatoms. The van der Waals surface area contributed by atoms with Crippen LogP contribution in [-0.2, 0) is 14.9 Å². The molecule has 1 heterocycles. The van der Waals surface area contributed by atoms with Gasteiger partial charge in [0.1, 0.15) is 0 Å². The first-order valence-corrected chi connectivity index (χ1v) is 7.13. The van der Waals surface area contributed by atoms with Crippen LogP contribution in [0.3, 0.4) is 0 Å². The molecule has 98 valence electrons. The minimum atomic E-state index is -0.283. The minimum Gasteiger partial charge on any atom is -0.469 e. The van der Waals surface area contributed by atoms with E-state index in [0.717, 1.165) is 12.2 Å². The van der Waals surface area contributed by atoms with E-state index in [2.05, 4.69) is 12.1 Å². The molecule has 2 atom stereocenters. The minimum absolute atomic E-state index is 0.0707. The van der Waals surface area contributed by atoms with E-state index in [1.807, 2.05) is 30.8 Å². The van der Waals surface area contributed by atoms with Crippen molar-refractivity contribution in [3.05, 3.63) is 29.8 Å². The maximum Gasteiger partial charge on any atom is 0.306 e. The molecular weight excluding hydrogens is 246 g/mol. The molecule has 1 aliphatic heterocycles. The fourth-order valence-corrected chi connectivity index (χ4v) is 3.92. The van der Waals surface area contributed by atoms with Crippen LogP contribution in [0.5, 0.6) is 0 Å². The van der Waals surface area contributed by atoms with Gasteiger partial charge in [-0.3, -0.25) is 4.79 Å². The average Bonchev–Trinajstić information content (AvgIpc) is 2.38. The number of ether oxygens (including phenoxy) is 1. The summed E-state index contributed by atoms with van der Waals surface area (Å²) >= 11 is 1.84. The van der Waals surface area contributed by atoms with Crippen LogP contribution in [0.4, 0.5) is 0 Å². The van der Waals surface area contributed by atoms with Crippen LogP contribution in [0, 0.1) is 0 Å². The third-order valence-electron chi connectivity index (χ3n) is 3.79. The van der Waals surface area contributed by atoms with Gasteiger partial charge in [0, 0.05) is 16.4 Å². The van der Waals surface area contributed by atoms with Crippen LogP contribution in [-0.4, -0.2) is 24.9 Å². The second-order valence-electron chi connectivity index (χ2n) is 4.79. The topological polar surface area (TPSA) is 52.3 Å². The monoisotopic (exact) mass is 265 g/mol. The summed E-state index contributed by atoms with van der Waals surface area (Å²) in [7, 11) is 1.43. The molecule has 2 rings (SSSR count). The van der Waals surface area contributed by atoms with E-state index >= 15 is 0 Å². The standard InChI is InChI=1S/C14H19NO2S/c1-10(15)14(9-13(16)17-2)7-8-18-12-6-4-3-5-11(12)14/h3-6,10H,7-9,15H2,1-2H3. The molecule has 1 aromatic carbocycles. The summed E-state index contributed by atoms with van der Waals surface area (Å²) in [4.78, 5) is 13.0. The van der Waals surface area contributed by atoms with Gasteiger partial charge in [0.05, 0.1) is 13.5 Å². The summed E-state index contributed by atoms with van der Waals surface area (Å²) in [6, 6.07) is 8.17. The highest BCUT2D eigenvalue weighted by atomic mass is 32.2. The average molecular weight is 265 g/mol. The summed E-state index contributed by atoms with van der Waals surface area (Å²) in [6.07, 6.45) is 1.28. The van der Waals surface area contributed by atoms with Crippen molar-refractivity contribution in [1.29, 1.82) is 0 Å².